The molecule has 2 aromatic rings. The van der Waals surface area contributed by atoms with Gasteiger partial charge in [-0.25, -0.2) is 4.79 Å². The molecule has 2 heterocycles. The van der Waals surface area contributed by atoms with E-state index in [2.05, 4.69) is 10.6 Å². The molecule has 0 spiro atoms. The third-order valence-electron chi connectivity index (χ3n) is 5.67. The number of amides is 3. The number of urea groups is 1. The zero-order valence-corrected chi connectivity index (χ0v) is 19.0. The van der Waals surface area contributed by atoms with Crippen LogP contribution in [0.5, 0.6) is 11.5 Å². The topological polar surface area (TPSA) is 79.9 Å². The van der Waals surface area contributed by atoms with Crippen LogP contribution in [-0.4, -0.2) is 43.1 Å². The first-order valence-corrected chi connectivity index (χ1v) is 11.4. The number of ether oxygens (including phenoxy) is 2. The number of rotatable bonds is 5. The Bertz CT molecular complexity index is 993. The van der Waals surface area contributed by atoms with Gasteiger partial charge in [0.1, 0.15) is 13.2 Å². The predicted molar refractivity (Wildman–Crippen MR) is 122 cm³/mol. The lowest BCUT2D eigenvalue weighted by molar-refractivity contribution is -0.126. The average Bonchev–Trinajstić information content (AvgIpc) is 2.81. The molecule has 2 aliphatic heterocycles. The highest BCUT2D eigenvalue weighted by atomic mass is 35.5. The number of nitrogens with zero attached hydrogens (tertiary/aromatic N) is 1. The van der Waals surface area contributed by atoms with Crippen molar-refractivity contribution < 1.29 is 19.1 Å². The van der Waals surface area contributed by atoms with Gasteiger partial charge in [-0.05, 0) is 48.2 Å². The van der Waals surface area contributed by atoms with Gasteiger partial charge in [0.2, 0.25) is 5.91 Å². The fourth-order valence-corrected chi connectivity index (χ4v) is 4.30. The molecular formula is C23H25Cl2N3O4. The summed E-state index contributed by atoms with van der Waals surface area (Å²) in [4.78, 5) is 26.8. The molecule has 0 aliphatic carbocycles. The molecule has 3 amide bonds. The number of piperidine rings is 1. The molecule has 0 atom stereocenters. The monoisotopic (exact) mass is 477 g/mol. The number of halogens is 2. The molecule has 1 saturated heterocycles. The Hall–Kier alpha value is -2.64. The fraction of sp³-hybridized carbons (Fsp3) is 0.391. The number of carbonyl (C=O) groups excluding carboxylic acids is 2. The maximum Gasteiger partial charge on any atom is 0.317 e. The van der Waals surface area contributed by atoms with Gasteiger partial charge in [0.25, 0.3) is 0 Å². The molecule has 1 fully saturated rings. The minimum atomic E-state index is -0.161. The highest BCUT2D eigenvalue weighted by Crippen LogP contribution is 2.30. The van der Waals surface area contributed by atoms with Crippen LogP contribution in [0.15, 0.2) is 36.4 Å². The summed E-state index contributed by atoms with van der Waals surface area (Å²) >= 11 is 12.1. The summed E-state index contributed by atoms with van der Waals surface area (Å²) in [6, 6.07) is 10.7. The van der Waals surface area contributed by atoms with Gasteiger partial charge in [0.15, 0.2) is 11.5 Å². The van der Waals surface area contributed by atoms with Gasteiger partial charge >= 0.3 is 6.03 Å². The molecular weight excluding hydrogens is 453 g/mol. The largest absolute Gasteiger partial charge is 0.486 e. The molecule has 0 bridgehead atoms. The quantitative estimate of drug-likeness (QED) is 0.681. The van der Waals surface area contributed by atoms with Gasteiger partial charge in [0, 0.05) is 42.1 Å². The van der Waals surface area contributed by atoms with E-state index >= 15 is 0 Å². The van der Waals surface area contributed by atoms with E-state index in [1.807, 2.05) is 18.2 Å². The Labute approximate surface area is 197 Å². The van der Waals surface area contributed by atoms with Crippen LogP contribution in [0, 0.1) is 5.92 Å². The summed E-state index contributed by atoms with van der Waals surface area (Å²) in [6.45, 7) is 2.89. The number of nitrogens with one attached hydrogen (secondary N) is 2. The first kappa shape index (κ1) is 22.6. The summed E-state index contributed by atoms with van der Waals surface area (Å²) in [5.41, 5.74) is 1.76. The Morgan fingerprint density at radius 2 is 1.69 bits per heavy atom. The van der Waals surface area contributed by atoms with E-state index in [1.165, 1.54) is 0 Å². The molecule has 2 aromatic carbocycles. The summed E-state index contributed by atoms with van der Waals surface area (Å²) in [6.07, 6.45) is 1.25. The summed E-state index contributed by atoms with van der Waals surface area (Å²) < 4.78 is 11.1. The van der Waals surface area contributed by atoms with Crippen molar-refractivity contribution >= 4 is 35.1 Å². The van der Waals surface area contributed by atoms with Crippen LogP contribution in [-0.2, 0) is 17.9 Å². The standard InChI is InChI=1S/C23H25Cl2N3O4/c24-18-3-2-17(19(25)12-18)14-27-23(30)28-7-5-16(6-8-28)22(29)26-13-15-1-4-20-21(11-15)32-10-9-31-20/h1-4,11-12,16H,5-10,13-14H2,(H,26,29)(H,27,30). The molecule has 32 heavy (non-hydrogen) atoms. The number of fused-ring (bicyclic) bond motifs is 1. The molecule has 0 radical (unpaired) electrons. The van der Waals surface area contributed by atoms with Crippen molar-refractivity contribution in [3.63, 3.8) is 0 Å². The zero-order valence-electron chi connectivity index (χ0n) is 17.5. The molecule has 0 unspecified atom stereocenters. The van der Waals surface area contributed by atoms with E-state index in [0.717, 1.165) is 16.9 Å². The second-order valence-electron chi connectivity index (χ2n) is 7.85. The maximum atomic E-state index is 12.6. The van der Waals surface area contributed by atoms with Gasteiger partial charge in [0.05, 0.1) is 0 Å². The molecule has 4 rings (SSSR count). The van der Waals surface area contributed by atoms with Crippen molar-refractivity contribution in [3.8, 4) is 11.5 Å². The van der Waals surface area contributed by atoms with Crippen LogP contribution in [0.25, 0.3) is 0 Å². The molecule has 0 saturated carbocycles. The summed E-state index contributed by atoms with van der Waals surface area (Å²) in [5.74, 6) is 1.34. The van der Waals surface area contributed by atoms with Gasteiger partial charge in [-0.2, -0.15) is 0 Å². The lowest BCUT2D eigenvalue weighted by atomic mass is 9.96. The van der Waals surface area contributed by atoms with Gasteiger partial charge in [-0.15, -0.1) is 0 Å². The second kappa shape index (κ2) is 10.3. The molecule has 7 nitrogen and oxygen atoms in total. The Morgan fingerprint density at radius 3 is 2.44 bits per heavy atom. The summed E-state index contributed by atoms with van der Waals surface area (Å²) in [5, 5.41) is 6.95. The minimum Gasteiger partial charge on any atom is -0.486 e. The Balaban J connectivity index is 1.21. The van der Waals surface area contributed by atoms with Crippen molar-refractivity contribution in [2.45, 2.75) is 25.9 Å². The van der Waals surface area contributed by atoms with Gasteiger partial charge in [-0.1, -0.05) is 35.3 Å². The lowest BCUT2D eigenvalue weighted by Gasteiger charge is -2.31. The minimum absolute atomic E-state index is 0.00731. The third kappa shape index (κ3) is 5.58. The normalized spacial score (nSPS) is 15.9. The Morgan fingerprint density at radius 1 is 0.938 bits per heavy atom. The number of hydrogen-bond acceptors (Lipinski definition) is 4. The predicted octanol–water partition coefficient (Wildman–Crippen LogP) is 4.00. The van der Waals surface area contributed by atoms with Crippen molar-refractivity contribution in [2.75, 3.05) is 26.3 Å². The van der Waals surface area contributed by atoms with E-state index in [-0.39, 0.29) is 17.9 Å². The second-order valence-corrected chi connectivity index (χ2v) is 8.70. The molecule has 0 aromatic heterocycles. The Kier molecular flexibility index (Phi) is 7.27. The van der Waals surface area contributed by atoms with Crippen LogP contribution in [0.4, 0.5) is 4.79 Å². The van der Waals surface area contributed by atoms with Crippen LogP contribution >= 0.6 is 23.2 Å². The van der Waals surface area contributed by atoms with Crippen LogP contribution in [0.3, 0.4) is 0 Å². The smallest absolute Gasteiger partial charge is 0.317 e. The molecule has 2 aliphatic rings. The van der Waals surface area contributed by atoms with E-state index in [9.17, 15) is 9.59 Å². The van der Waals surface area contributed by atoms with Crippen LogP contribution in [0.1, 0.15) is 24.0 Å². The SMILES string of the molecule is O=C(NCc1ccc2c(c1)OCCO2)C1CCN(C(=O)NCc2ccc(Cl)cc2Cl)CC1. The highest BCUT2D eigenvalue weighted by molar-refractivity contribution is 6.35. The summed E-state index contributed by atoms with van der Waals surface area (Å²) in [7, 11) is 0. The first-order valence-electron chi connectivity index (χ1n) is 10.6. The van der Waals surface area contributed by atoms with Crippen LogP contribution < -0.4 is 20.1 Å². The van der Waals surface area contributed by atoms with Crippen LogP contribution in [0.2, 0.25) is 10.0 Å². The van der Waals surface area contributed by atoms with E-state index < -0.39 is 0 Å². The number of carbonyl (C=O) groups is 2. The zero-order chi connectivity index (χ0) is 22.5. The lowest BCUT2D eigenvalue weighted by Crippen LogP contribution is -2.46. The molecule has 9 heteroatoms. The molecule has 170 valence electrons. The van der Waals surface area contributed by atoms with Crippen molar-refractivity contribution in [1.29, 1.82) is 0 Å². The van der Waals surface area contributed by atoms with E-state index in [0.29, 0.717) is 68.0 Å². The van der Waals surface area contributed by atoms with Gasteiger partial charge < -0.3 is 25.0 Å². The number of hydrogen-bond donors (Lipinski definition) is 2. The maximum absolute atomic E-state index is 12.6. The van der Waals surface area contributed by atoms with Gasteiger partial charge in [-0.3, -0.25) is 4.79 Å². The van der Waals surface area contributed by atoms with E-state index in [4.69, 9.17) is 32.7 Å². The van der Waals surface area contributed by atoms with Crippen molar-refractivity contribution in [2.24, 2.45) is 5.92 Å². The third-order valence-corrected chi connectivity index (χ3v) is 6.26. The van der Waals surface area contributed by atoms with Crippen molar-refractivity contribution in [1.82, 2.24) is 15.5 Å². The number of benzene rings is 2. The van der Waals surface area contributed by atoms with Crippen molar-refractivity contribution in [3.05, 3.63) is 57.6 Å². The number of likely N-dealkylation sites (tertiary alicyclic amines) is 1. The highest BCUT2D eigenvalue weighted by Gasteiger charge is 2.27. The first-order chi connectivity index (χ1) is 15.5. The average molecular weight is 478 g/mol. The van der Waals surface area contributed by atoms with E-state index in [1.54, 1.807) is 23.1 Å². The molecule has 2 N–H and O–H groups in total. The fourth-order valence-electron chi connectivity index (χ4n) is 3.82.